The smallest absolute Gasteiger partial charge is 0.305 e. The van der Waals surface area contributed by atoms with Crippen LogP contribution in [0.1, 0.15) is 25.7 Å². The van der Waals surface area contributed by atoms with E-state index in [9.17, 15) is 9.59 Å². The number of carbonyl (C=O) groups excluding carboxylic acids is 1. The first kappa shape index (κ1) is 13.3. The van der Waals surface area contributed by atoms with Gasteiger partial charge in [0.15, 0.2) is 0 Å². The Balaban J connectivity index is 1.94. The van der Waals surface area contributed by atoms with E-state index in [1.807, 2.05) is 0 Å². The Bertz CT molecular complexity index is 315. The summed E-state index contributed by atoms with van der Waals surface area (Å²) >= 11 is 0. The summed E-state index contributed by atoms with van der Waals surface area (Å²) in [6, 6.07) is -0.591. The number of aliphatic carboxylic acids is 1. The second-order valence-corrected chi connectivity index (χ2v) is 4.88. The second kappa shape index (κ2) is 6.15. The van der Waals surface area contributed by atoms with Gasteiger partial charge in [0.25, 0.3) is 0 Å². The summed E-state index contributed by atoms with van der Waals surface area (Å²) in [5, 5.41) is 11.8. The molecule has 0 saturated carbocycles. The first-order valence-electron chi connectivity index (χ1n) is 6.52. The molecule has 0 bridgehead atoms. The van der Waals surface area contributed by atoms with E-state index in [4.69, 9.17) is 9.84 Å². The molecule has 0 aromatic rings. The predicted molar refractivity (Wildman–Crippen MR) is 64.2 cm³/mol. The molecule has 2 heterocycles. The van der Waals surface area contributed by atoms with E-state index < -0.39 is 12.0 Å². The summed E-state index contributed by atoms with van der Waals surface area (Å²) in [6.45, 7) is 2.73. The molecule has 0 aromatic heterocycles. The zero-order valence-corrected chi connectivity index (χ0v) is 10.4. The third kappa shape index (κ3) is 3.43. The fraction of sp³-hybridized carbons (Fsp3) is 0.833. The highest BCUT2D eigenvalue weighted by atomic mass is 16.5. The number of nitrogens with zero attached hydrogens (tertiary/aromatic N) is 1. The van der Waals surface area contributed by atoms with Crippen LogP contribution in [0.4, 0.5) is 0 Å². The fourth-order valence-electron chi connectivity index (χ4n) is 2.51. The Morgan fingerprint density at radius 3 is 3.00 bits per heavy atom. The van der Waals surface area contributed by atoms with Gasteiger partial charge in [-0.2, -0.15) is 0 Å². The summed E-state index contributed by atoms with van der Waals surface area (Å²) in [6.07, 6.45) is 2.86. The topological polar surface area (TPSA) is 78.9 Å². The molecule has 2 aliphatic rings. The zero-order chi connectivity index (χ0) is 13.0. The number of carbonyl (C=O) groups is 2. The van der Waals surface area contributed by atoms with Crippen molar-refractivity contribution in [1.29, 1.82) is 0 Å². The average molecular weight is 256 g/mol. The monoisotopic (exact) mass is 256 g/mol. The number of hydrogen-bond acceptors (Lipinski definition) is 4. The Labute approximate surface area is 106 Å². The van der Waals surface area contributed by atoms with Crippen LogP contribution < -0.4 is 5.32 Å². The van der Waals surface area contributed by atoms with Gasteiger partial charge in [0.1, 0.15) is 0 Å². The maximum Gasteiger partial charge on any atom is 0.305 e. The number of nitrogens with one attached hydrogen (secondary N) is 1. The molecule has 0 aromatic carbocycles. The predicted octanol–water partition coefficient (Wildman–Crippen LogP) is -0.169. The van der Waals surface area contributed by atoms with Crippen LogP contribution in [0, 0.1) is 0 Å². The fourth-order valence-corrected chi connectivity index (χ4v) is 2.51. The number of ether oxygens (including phenoxy) is 1. The molecule has 2 rings (SSSR count). The Morgan fingerprint density at radius 2 is 2.33 bits per heavy atom. The molecule has 0 radical (unpaired) electrons. The minimum absolute atomic E-state index is 0.106. The van der Waals surface area contributed by atoms with Crippen LogP contribution in [0.25, 0.3) is 0 Å². The lowest BCUT2D eigenvalue weighted by atomic mass is 10.1. The van der Waals surface area contributed by atoms with Crippen molar-refractivity contribution in [3.05, 3.63) is 0 Å². The van der Waals surface area contributed by atoms with E-state index >= 15 is 0 Å². The Morgan fingerprint density at radius 1 is 1.50 bits per heavy atom. The first-order chi connectivity index (χ1) is 8.66. The molecular formula is C12H20N2O4. The number of carboxylic acid groups (broad SMARTS) is 1. The number of amides is 1. The van der Waals surface area contributed by atoms with Crippen molar-refractivity contribution in [3.8, 4) is 0 Å². The van der Waals surface area contributed by atoms with E-state index in [1.54, 1.807) is 4.90 Å². The van der Waals surface area contributed by atoms with Crippen molar-refractivity contribution in [2.75, 3.05) is 26.2 Å². The normalized spacial score (nSPS) is 29.3. The van der Waals surface area contributed by atoms with Crippen LogP contribution in [0.15, 0.2) is 0 Å². The number of hydrogen-bond donors (Lipinski definition) is 2. The molecular weight excluding hydrogens is 236 g/mol. The van der Waals surface area contributed by atoms with Gasteiger partial charge in [-0.1, -0.05) is 0 Å². The molecule has 6 heteroatoms. The zero-order valence-electron chi connectivity index (χ0n) is 10.4. The molecule has 1 amide bonds. The van der Waals surface area contributed by atoms with Crippen molar-refractivity contribution >= 4 is 11.9 Å². The van der Waals surface area contributed by atoms with E-state index in [0.717, 1.165) is 25.9 Å². The molecule has 0 spiro atoms. The van der Waals surface area contributed by atoms with Crippen molar-refractivity contribution in [2.24, 2.45) is 0 Å². The largest absolute Gasteiger partial charge is 0.481 e. The van der Waals surface area contributed by atoms with E-state index in [0.29, 0.717) is 19.6 Å². The van der Waals surface area contributed by atoms with Crippen LogP contribution in [0.5, 0.6) is 0 Å². The molecule has 18 heavy (non-hydrogen) atoms. The SMILES string of the molecule is O=C(O)CC1NCCCN(CC2CCCO2)C1=O. The lowest BCUT2D eigenvalue weighted by Gasteiger charge is -2.26. The van der Waals surface area contributed by atoms with E-state index in [2.05, 4.69) is 5.32 Å². The van der Waals surface area contributed by atoms with Crippen LogP contribution in [-0.2, 0) is 14.3 Å². The molecule has 2 unspecified atom stereocenters. The summed E-state index contributed by atoms with van der Waals surface area (Å²) < 4.78 is 5.53. The van der Waals surface area contributed by atoms with Gasteiger partial charge in [-0.25, -0.2) is 0 Å². The van der Waals surface area contributed by atoms with Crippen LogP contribution in [0.2, 0.25) is 0 Å². The van der Waals surface area contributed by atoms with Crippen molar-refractivity contribution in [2.45, 2.75) is 37.8 Å². The van der Waals surface area contributed by atoms with Crippen LogP contribution in [0.3, 0.4) is 0 Å². The number of carboxylic acids is 1. The summed E-state index contributed by atoms with van der Waals surface area (Å²) in [7, 11) is 0. The van der Waals surface area contributed by atoms with Gasteiger partial charge in [0.05, 0.1) is 18.6 Å². The molecule has 2 saturated heterocycles. The summed E-state index contributed by atoms with van der Waals surface area (Å²) in [5.74, 6) is -1.05. The third-order valence-electron chi connectivity index (χ3n) is 3.43. The van der Waals surface area contributed by atoms with Crippen molar-refractivity contribution in [1.82, 2.24) is 10.2 Å². The van der Waals surface area contributed by atoms with Gasteiger partial charge < -0.3 is 20.1 Å². The van der Waals surface area contributed by atoms with Gasteiger partial charge in [-0.05, 0) is 25.8 Å². The van der Waals surface area contributed by atoms with Gasteiger partial charge in [-0.15, -0.1) is 0 Å². The maximum atomic E-state index is 12.2. The minimum atomic E-state index is -0.945. The molecule has 6 nitrogen and oxygen atoms in total. The van der Waals surface area contributed by atoms with Crippen LogP contribution >= 0.6 is 0 Å². The molecule has 2 aliphatic heterocycles. The minimum Gasteiger partial charge on any atom is -0.481 e. The molecule has 2 fully saturated rings. The second-order valence-electron chi connectivity index (χ2n) is 4.88. The standard InChI is InChI=1S/C12H20N2O4/c15-11(16)7-10-12(17)14(5-2-4-13-10)8-9-3-1-6-18-9/h9-10,13H,1-8H2,(H,15,16). The lowest BCUT2D eigenvalue weighted by molar-refractivity contribution is -0.142. The van der Waals surface area contributed by atoms with Gasteiger partial charge in [0.2, 0.25) is 5.91 Å². The third-order valence-corrected chi connectivity index (χ3v) is 3.43. The van der Waals surface area contributed by atoms with Gasteiger partial charge in [0, 0.05) is 19.7 Å². The highest BCUT2D eigenvalue weighted by Gasteiger charge is 2.30. The Kier molecular flexibility index (Phi) is 4.54. The summed E-state index contributed by atoms with van der Waals surface area (Å²) in [4.78, 5) is 24.7. The maximum absolute atomic E-state index is 12.2. The Hall–Kier alpha value is -1.14. The summed E-state index contributed by atoms with van der Waals surface area (Å²) in [5.41, 5.74) is 0. The average Bonchev–Trinajstić information content (AvgIpc) is 2.77. The van der Waals surface area contributed by atoms with Crippen molar-refractivity contribution in [3.63, 3.8) is 0 Å². The first-order valence-corrected chi connectivity index (χ1v) is 6.52. The van der Waals surface area contributed by atoms with Crippen LogP contribution in [-0.4, -0.2) is 60.3 Å². The lowest BCUT2D eigenvalue weighted by Crippen LogP contribution is -2.46. The molecule has 102 valence electrons. The highest BCUT2D eigenvalue weighted by Crippen LogP contribution is 2.15. The van der Waals surface area contributed by atoms with E-state index in [-0.39, 0.29) is 18.4 Å². The molecule has 2 N–H and O–H groups in total. The quantitative estimate of drug-likeness (QED) is 0.730. The van der Waals surface area contributed by atoms with E-state index in [1.165, 1.54) is 0 Å². The highest BCUT2D eigenvalue weighted by molar-refractivity contribution is 5.86. The molecule has 2 atom stereocenters. The van der Waals surface area contributed by atoms with Gasteiger partial charge in [-0.3, -0.25) is 9.59 Å². The van der Waals surface area contributed by atoms with Crippen molar-refractivity contribution < 1.29 is 19.4 Å². The van der Waals surface area contributed by atoms with Gasteiger partial charge >= 0.3 is 5.97 Å². The molecule has 0 aliphatic carbocycles. The number of rotatable bonds is 4.